The number of hydrogen-bond acceptors (Lipinski definition) is 4. The minimum atomic E-state index is -3.40. The fraction of sp³-hybridized carbons (Fsp3) is 0.455. The van der Waals surface area contributed by atoms with Crippen LogP contribution < -0.4 is 0 Å². The third kappa shape index (κ3) is 2.85. The average molecular weight is 283 g/mol. The number of sulfonamides is 1. The van der Waals surface area contributed by atoms with E-state index in [1.807, 2.05) is 13.1 Å². The van der Waals surface area contributed by atoms with Gasteiger partial charge in [0.1, 0.15) is 4.90 Å². The molecule has 0 bridgehead atoms. The van der Waals surface area contributed by atoms with Crippen LogP contribution in [0.5, 0.6) is 0 Å². The molecule has 0 aromatic carbocycles. The maximum Gasteiger partial charge on any atom is 0.245 e. The van der Waals surface area contributed by atoms with Crippen LogP contribution in [-0.4, -0.2) is 46.4 Å². The quantitative estimate of drug-likeness (QED) is 0.780. The summed E-state index contributed by atoms with van der Waals surface area (Å²) in [6.07, 6.45) is 5.41. The van der Waals surface area contributed by atoms with Gasteiger partial charge in [0.05, 0.1) is 6.20 Å². The average Bonchev–Trinajstić information content (AvgIpc) is 2.95. The lowest BCUT2D eigenvalue weighted by molar-refractivity contribution is 0.520. The molecule has 104 valence electrons. The van der Waals surface area contributed by atoms with Gasteiger partial charge in [-0.15, -0.1) is 0 Å². The van der Waals surface area contributed by atoms with Crippen LogP contribution in [0.3, 0.4) is 0 Å². The van der Waals surface area contributed by atoms with Crippen molar-refractivity contribution in [1.29, 1.82) is 0 Å². The highest BCUT2D eigenvalue weighted by atomic mass is 32.2. The van der Waals surface area contributed by atoms with Gasteiger partial charge in [-0.2, -0.15) is 10.2 Å². The predicted octanol–water partition coefficient (Wildman–Crippen LogP) is 0.110. The van der Waals surface area contributed by atoms with Crippen molar-refractivity contribution in [3.8, 4) is 0 Å². The summed E-state index contributed by atoms with van der Waals surface area (Å²) in [4.78, 5) is 0.211. The van der Waals surface area contributed by atoms with Crippen molar-refractivity contribution in [3.05, 3.63) is 30.4 Å². The first kappa shape index (κ1) is 13.8. The second kappa shape index (κ2) is 5.14. The second-order valence-electron chi connectivity index (χ2n) is 4.42. The molecular formula is C11H17N5O2S. The summed E-state index contributed by atoms with van der Waals surface area (Å²) in [5, 5.41) is 8.16. The molecule has 8 heteroatoms. The number of rotatable bonds is 5. The Balaban J connectivity index is 2.08. The summed E-state index contributed by atoms with van der Waals surface area (Å²) >= 11 is 0. The third-order valence-corrected chi connectivity index (χ3v) is 4.68. The van der Waals surface area contributed by atoms with Gasteiger partial charge in [0.15, 0.2) is 0 Å². The van der Waals surface area contributed by atoms with Crippen molar-refractivity contribution in [2.45, 2.75) is 17.9 Å². The molecule has 0 radical (unpaired) electrons. The topological polar surface area (TPSA) is 73.0 Å². The van der Waals surface area contributed by atoms with Crippen molar-refractivity contribution >= 4 is 10.0 Å². The second-order valence-corrected chi connectivity index (χ2v) is 6.57. The van der Waals surface area contributed by atoms with E-state index in [1.165, 1.54) is 24.6 Å². The summed E-state index contributed by atoms with van der Waals surface area (Å²) in [6, 6.07) is 1.93. The van der Waals surface area contributed by atoms with Gasteiger partial charge in [-0.05, 0) is 6.07 Å². The van der Waals surface area contributed by atoms with Crippen molar-refractivity contribution in [2.75, 3.05) is 14.1 Å². The summed E-state index contributed by atoms with van der Waals surface area (Å²) < 4.78 is 28.4. The van der Waals surface area contributed by atoms with E-state index in [0.29, 0.717) is 6.54 Å². The molecule has 0 saturated heterocycles. The zero-order chi connectivity index (χ0) is 14.0. The van der Waals surface area contributed by atoms with E-state index in [-0.39, 0.29) is 4.90 Å². The largest absolute Gasteiger partial charge is 0.273 e. The summed E-state index contributed by atoms with van der Waals surface area (Å²) in [5.41, 5.74) is 1.08. The van der Waals surface area contributed by atoms with Crippen molar-refractivity contribution < 1.29 is 8.42 Å². The van der Waals surface area contributed by atoms with E-state index in [1.54, 1.807) is 21.8 Å². The lowest BCUT2D eigenvalue weighted by Gasteiger charge is -2.08. The van der Waals surface area contributed by atoms with Gasteiger partial charge < -0.3 is 0 Å². The molecule has 0 unspecified atom stereocenters. The Morgan fingerprint density at radius 1 is 1.32 bits per heavy atom. The third-order valence-electron chi connectivity index (χ3n) is 2.91. The number of nitrogens with zero attached hydrogens (tertiary/aromatic N) is 5. The molecular weight excluding hydrogens is 266 g/mol. The Morgan fingerprint density at radius 3 is 2.63 bits per heavy atom. The van der Waals surface area contributed by atoms with Crippen LogP contribution in [-0.2, 0) is 30.0 Å². The van der Waals surface area contributed by atoms with E-state index in [2.05, 4.69) is 10.2 Å². The first-order chi connectivity index (χ1) is 8.91. The number of hydrogen-bond donors (Lipinski definition) is 0. The van der Waals surface area contributed by atoms with Gasteiger partial charge in [0.25, 0.3) is 0 Å². The van der Waals surface area contributed by atoms with E-state index in [9.17, 15) is 8.42 Å². The highest BCUT2D eigenvalue weighted by molar-refractivity contribution is 7.89. The van der Waals surface area contributed by atoms with Crippen LogP contribution in [0.25, 0.3) is 0 Å². The minimum absolute atomic E-state index is 0.211. The Labute approximate surface area is 112 Å². The van der Waals surface area contributed by atoms with Crippen molar-refractivity contribution in [3.63, 3.8) is 0 Å². The highest BCUT2D eigenvalue weighted by Crippen LogP contribution is 2.11. The highest BCUT2D eigenvalue weighted by Gasteiger charge is 2.19. The van der Waals surface area contributed by atoms with Gasteiger partial charge in [-0.25, -0.2) is 12.7 Å². The molecule has 0 aliphatic heterocycles. The summed E-state index contributed by atoms with van der Waals surface area (Å²) in [7, 11) is 1.48. The zero-order valence-electron chi connectivity index (χ0n) is 11.2. The van der Waals surface area contributed by atoms with Crippen LogP contribution in [0.2, 0.25) is 0 Å². The van der Waals surface area contributed by atoms with Crippen LogP contribution in [0.4, 0.5) is 0 Å². The molecule has 0 aliphatic rings. The molecule has 0 spiro atoms. The lowest BCUT2D eigenvalue weighted by atomic mass is 10.3. The van der Waals surface area contributed by atoms with Gasteiger partial charge in [-0.1, -0.05) is 0 Å². The SMILES string of the molecule is CN(C)S(=O)(=O)c1cnn(CCc2ccnn2C)c1. The molecule has 0 amide bonds. The van der Waals surface area contributed by atoms with Gasteiger partial charge in [0, 0.05) is 52.2 Å². The van der Waals surface area contributed by atoms with Crippen LogP contribution >= 0.6 is 0 Å². The first-order valence-electron chi connectivity index (χ1n) is 5.83. The van der Waals surface area contributed by atoms with Crippen LogP contribution in [0.15, 0.2) is 29.6 Å². The summed E-state index contributed by atoms with van der Waals surface area (Å²) in [6.45, 7) is 0.614. The van der Waals surface area contributed by atoms with Crippen LogP contribution in [0, 0.1) is 0 Å². The number of aromatic nitrogens is 4. The predicted molar refractivity (Wildman–Crippen MR) is 70.0 cm³/mol. The Kier molecular flexibility index (Phi) is 3.72. The molecule has 2 rings (SSSR count). The molecule has 2 aromatic heterocycles. The molecule has 2 heterocycles. The normalized spacial score (nSPS) is 12.2. The molecule has 0 atom stereocenters. The van der Waals surface area contributed by atoms with Crippen molar-refractivity contribution in [1.82, 2.24) is 23.9 Å². The molecule has 0 N–H and O–H groups in total. The molecule has 7 nitrogen and oxygen atoms in total. The fourth-order valence-corrected chi connectivity index (χ4v) is 2.54. The summed E-state index contributed by atoms with van der Waals surface area (Å²) in [5.74, 6) is 0. The van der Waals surface area contributed by atoms with Gasteiger partial charge >= 0.3 is 0 Å². The van der Waals surface area contributed by atoms with Crippen LogP contribution in [0.1, 0.15) is 5.69 Å². The van der Waals surface area contributed by atoms with E-state index in [0.717, 1.165) is 12.1 Å². The lowest BCUT2D eigenvalue weighted by Crippen LogP contribution is -2.21. The smallest absolute Gasteiger partial charge is 0.245 e. The fourth-order valence-electron chi connectivity index (χ4n) is 1.69. The Hall–Kier alpha value is -1.67. The zero-order valence-corrected chi connectivity index (χ0v) is 12.0. The molecule has 2 aromatic rings. The van der Waals surface area contributed by atoms with Gasteiger partial charge in [-0.3, -0.25) is 9.36 Å². The molecule has 0 saturated carbocycles. The maximum absolute atomic E-state index is 11.9. The Morgan fingerprint density at radius 2 is 2.05 bits per heavy atom. The standard InChI is InChI=1S/C11H17N5O2S/c1-14(2)19(17,18)11-8-13-16(9-11)7-5-10-4-6-12-15(10)3/h4,6,8-9H,5,7H2,1-3H3. The molecule has 19 heavy (non-hydrogen) atoms. The van der Waals surface area contributed by atoms with E-state index in [4.69, 9.17) is 0 Å². The molecule has 0 fully saturated rings. The van der Waals surface area contributed by atoms with Crippen molar-refractivity contribution in [2.24, 2.45) is 7.05 Å². The van der Waals surface area contributed by atoms with E-state index >= 15 is 0 Å². The first-order valence-corrected chi connectivity index (χ1v) is 7.27. The molecule has 0 aliphatic carbocycles. The van der Waals surface area contributed by atoms with E-state index < -0.39 is 10.0 Å². The van der Waals surface area contributed by atoms with Gasteiger partial charge in [0.2, 0.25) is 10.0 Å². The maximum atomic E-state index is 11.9. The Bertz CT molecular complexity index is 656. The monoisotopic (exact) mass is 283 g/mol. The minimum Gasteiger partial charge on any atom is -0.273 e. The number of aryl methyl sites for hydroxylation is 3.